The number of hydrogen-bond donors (Lipinski definition) is 0. The molecule has 0 N–H and O–H groups in total. The lowest BCUT2D eigenvalue weighted by molar-refractivity contribution is 0.246. The molecule has 0 aliphatic carbocycles. The Morgan fingerprint density at radius 1 is 1.46 bits per heavy atom. The van der Waals surface area contributed by atoms with Crippen LogP contribution >= 0.6 is 11.8 Å². The lowest BCUT2D eigenvalue weighted by Crippen LogP contribution is -2.31. The van der Waals surface area contributed by atoms with Gasteiger partial charge in [0.1, 0.15) is 6.10 Å². The number of rotatable bonds is 6. The van der Waals surface area contributed by atoms with Crippen molar-refractivity contribution in [3.8, 4) is 6.07 Å². The quantitative estimate of drug-likeness (QED) is 0.506. The molecule has 0 aromatic heterocycles. The molecule has 0 radical (unpaired) electrons. The van der Waals surface area contributed by atoms with E-state index in [4.69, 9.17) is 9.69 Å². The van der Waals surface area contributed by atoms with Gasteiger partial charge in [0, 0.05) is 0 Å². The molecule has 0 rings (SSSR count). The number of hydrogen-bond acceptors (Lipinski definition) is 3. The fraction of sp³-hybridized carbons (Fsp3) is 0.889. The van der Waals surface area contributed by atoms with E-state index in [1.807, 2.05) is 11.8 Å². The van der Waals surface area contributed by atoms with Gasteiger partial charge >= 0.3 is 0 Å². The van der Waals surface area contributed by atoms with Gasteiger partial charge in [0.05, 0.1) is 6.07 Å². The smallest absolute Gasteiger partial charge is 0.185 e. The molecule has 0 fully saturated rings. The van der Waals surface area contributed by atoms with Crippen LogP contribution in [-0.4, -0.2) is 25.9 Å². The molecule has 0 aliphatic rings. The highest BCUT2D eigenvalue weighted by molar-refractivity contribution is 7.99. The average Bonchev–Trinajstić information content (AvgIpc) is 2.01. The highest BCUT2D eigenvalue weighted by Crippen LogP contribution is 2.12. The van der Waals surface area contributed by atoms with Gasteiger partial charge < -0.3 is 4.43 Å². The first-order valence-corrected chi connectivity index (χ1v) is 9.21. The third-order valence-electron chi connectivity index (χ3n) is 1.37. The highest BCUT2D eigenvalue weighted by atomic mass is 32.2. The maximum absolute atomic E-state index is 8.83. The Balaban J connectivity index is 3.72. The van der Waals surface area contributed by atoms with E-state index in [-0.39, 0.29) is 6.10 Å². The fourth-order valence-corrected chi connectivity index (χ4v) is 2.60. The summed E-state index contributed by atoms with van der Waals surface area (Å²) >= 11 is 1.86. The normalized spacial score (nSPS) is 13.8. The molecule has 76 valence electrons. The fourth-order valence-electron chi connectivity index (χ4n) is 0.911. The first-order valence-electron chi connectivity index (χ1n) is 4.64. The zero-order chi connectivity index (χ0) is 10.3. The Morgan fingerprint density at radius 2 is 2.08 bits per heavy atom. The van der Waals surface area contributed by atoms with E-state index in [0.29, 0.717) is 0 Å². The van der Waals surface area contributed by atoms with Crippen molar-refractivity contribution in [1.29, 1.82) is 5.26 Å². The second-order valence-electron chi connectivity index (χ2n) is 3.83. The third kappa shape index (κ3) is 8.35. The van der Waals surface area contributed by atoms with Crippen LogP contribution in [0.4, 0.5) is 0 Å². The van der Waals surface area contributed by atoms with Gasteiger partial charge in [-0.1, -0.05) is 6.92 Å². The van der Waals surface area contributed by atoms with Crippen LogP contribution < -0.4 is 0 Å². The summed E-state index contributed by atoms with van der Waals surface area (Å²) in [7, 11) is -1.53. The van der Waals surface area contributed by atoms with Gasteiger partial charge in [-0.2, -0.15) is 17.0 Å². The van der Waals surface area contributed by atoms with Gasteiger partial charge in [0.2, 0.25) is 0 Å². The van der Waals surface area contributed by atoms with E-state index in [0.717, 1.165) is 17.9 Å². The standard InChI is InChI=1S/C9H19NOSSi/c1-5-12-7-6-9(8-10)11-13(2,3)4/h9H,5-7H2,1-4H3. The van der Waals surface area contributed by atoms with Crippen molar-refractivity contribution in [3.05, 3.63) is 0 Å². The minimum absolute atomic E-state index is 0.189. The molecule has 0 aromatic rings. The van der Waals surface area contributed by atoms with Gasteiger partial charge in [0.25, 0.3) is 0 Å². The van der Waals surface area contributed by atoms with E-state index in [1.165, 1.54) is 0 Å². The van der Waals surface area contributed by atoms with Crippen molar-refractivity contribution in [2.24, 2.45) is 0 Å². The van der Waals surface area contributed by atoms with E-state index in [2.05, 4.69) is 32.6 Å². The number of thioether (sulfide) groups is 1. The van der Waals surface area contributed by atoms with Crippen molar-refractivity contribution >= 4 is 20.1 Å². The average molecular weight is 217 g/mol. The summed E-state index contributed by atoms with van der Waals surface area (Å²) in [5, 5.41) is 8.83. The number of nitriles is 1. The summed E-state index contributed by atoms with van der Waals surface area (Å²) in [5.74, 6) is 2.14. The molecule has 4 heteroatoms. The molecule has 0 aliphatic heterocycles. The van der Waals surface area contributed by atoms with Crippen LogP contribution in [0, 0.1) is 11.3 Å². The van der Waals surface area contributed by atoms with Crippen LogP contribution in [0.3, 0.4) is 0 Å². The zero-order valence-electron chi connectivity index (χ0n) is 8.96. The molecule has 0 amide bonds. The van der Waals surface area contributed by atoms with Crippen LogP contribution in [0.2, 0.25) is 19.6 Å². The predicted molar refractivity (Wildman–Crippen MR) is 61.4 cm³/mol. The van der Waals surface area contributed by atoms with Crippen molar-refractivity contribution in [1.82, 2.24) is 0 Å². The second kappa shape index (κ2) is 6.47. The molecule has 1 unspecified atom stereocenters. The van der Waals surface area contributed by atoms with E-state index in [1.54, 1.807) is 0 Å². The predicted octanol–water partition coefficient (Wildman–Crippen LogP) is 2.87. The summed E-state index contributed by atoms with van der Waals surface area (Å²) in [6, 6.07) is 2.22. The summed E-state index contributed by atoms with van der Waals surface area (Å²) in [5.41, 5.74) is 0. The molecule has 0 heterocycles. The molecule has 1 atom stereocenters. The molecular formula is C9H19NOSSi. The second-order valence-corrected chi connectivity index (χ2v) is 9.69. The zero-order valence-corrected chi connectivity index (χ0v) is 10.8. The van der Waals surface area contributed by atoms with Crippen LogP contribution in [0.5, 0.6) is 0 Å². The first-order chi connectivity index (χ1) is 5.99. The van der Waals surface area contributed by atoms with Crippen molar-refractivity contribution < 1.29 is 4.43 Å². The van der Waals surface area contributed by atoms with Gasteiger partial charge in [0.15, 0.2) is 8.32 Å². The van der Waals surface area contributed by atoms with Crippen molar-refractivity contribution in [2.75, 3.05) is 11.5 Å². The molecule has 13 heavy (non-hydrogen) atoms. The minimum Gasteiger partial charge on any atom is -0.402 e. The SMILES string of the molecule is CCSCCC(C#N)O[Si](C)(C)C. The molecule has 2 nitrogen and oxygen atoms in total. The van der Waals surface area contributed by atoms with Crippen molar-refractivity contribution in [2.45, 2.75) is 39.1 Å². The van der Waals surface area contributed by atoms with Gasteiger partial charge in [-0.3, -0.25) is 0 Å². The van der Waals surface area contributed by atoms with Gasteiger partial charge in [-0.25, -0.2) is 0 Å². The Bertz CT molecular complexity index is 173. The Morgan fingerprint density at radius 3 is 2.46 bits per heavy atom. The van der Waals surface area contributed by atoms with Crippen LogP contribution in [0.1, 0.15) is 13.3 Å². The molecular weight excluding hydrogens is 198 g/mol. The van der Waals surface area contributed by atoms with E-state index >= 15 is 0 Å². The minimum atomic E-state index is -1.53. The summed E-state index contributed by atoms with van der Waals surface area (Å²) in [6.07, 6.45) is 0.671. The van der Waals surface area contributed by atoms with E-state index in [9.17, 15) is 0 Å². The third-order valence-corrected chi connectivity index (χ3v) is 3.29. The number of nitrogens with zero attached hydrogens (tertiary/aromatic N) is 1. The summed E-state index contributed by atoms with van der Waals surface area (Å²) in [6.45, 7) is 8.48. The van der Waals surface area contributed by atoms with Crippen LogP contribution in [0.25, 0.3) is 0 Å². The maximum Gasteiger partial charge on any atom is 0.185 e. The topological polar surface area (TPSA) is 33.0 Å². The molecule has 0 saturated carbocycles. The lowest BCUT2D eigenvalue weighted by atomic mass is 10.3. The van der Waals surface area contributed by atoms with Gasteiger partial charge in [-0.15, -0.1) is 0 Å². The summed E-state index contributed by atoms with van der Waals surface area (Å²) < 4.78 is 5.70. The highest BCUT2D eigenvalue weighted by Gasteiger charge is 2.20. The molecule has 0 bridgehead atoms. The molecule has 0 aromatic carbocycles. The lowest BCUT2D eigenvalue weighted by Gasteiger charge is -2.21. The maximum atomic E-state index is 8.83. The molecule has 0 spiro atoms. The van der Waals surface area contributed by atoms with Crippen LogP contribution in [-0.2, 0) is 4.43 Å². The Labute approximate surface area is 86.8 Å². The van der Waals surface area contributed by atoms with Crippen LogP contribution in [0.15, 0.2) is 0 Å². The Hall–Kier alpha value is 0.0169. The summed E-state index contributed by atoms with van der Waals surface area (Å²) in [4.78, 5) is 0. The van der Waals surface area contributed by atoms with Crippen molar-refractivity contribution in [3.63, 3.8) is 0 Å². The largest absolute Gasteiger partial charge is 0.402 e. The Kier molecular flexibility index (Phi) is 6.48. The monoisotopic (exact) mass is 217 g/mol. The van der Waals surface area contributed by atoms with E-state index < -0.39 is 8.32 Å². The van der Waals surface area contributed by atoms with Gasteiger partial charge in [-0.05, 0) is 37.6 Å². The first kappa shape index (κ1) is 13.0. The molecule has 0 saturated heterocycles.